The maximum absolute atomic E-state index is 3.74. The van der Waals surface area contributed by atoms with Crippen LogP contribution < -0.4 is 5.32 Å². The van der Waals surface area contributed by atoms with E-state index in [-0.39, 0.29) is 5.54 Å². The van der Waals surface area contributed by atoms with E-state index in [1.165, 1.54) is 31.2 Å². The molecule has 3 atom stereocenters. The van der Waals surface area contributed by atoms with Gasteiger partial charge in [-0.3, -0.25) is 0 Å². The Hall–Kier alpha value is -0.820. The van der Waals surface area contributed by atoms with Crippen LogP contribution >= 0.6 is 0 Å². The van der Waals surface area contributed by atoms with Gasteiger partial charge in [0.1, 0.15) is 0 Å². The lowest BCUT2D eigenvalue weighted by Crippen LogP contribution is -2.41. The summed E-state index contributed by atoms with van der Waals surface area (Å²) in [7, 11) is 0. The van der Waals surface area contributed by atoms with Crippen LogP contribution in [0.1, 0.15) is 70.4 Å². The second kappa shape index (κ2) is 6.96. The van der Waals surface area contributed by atoms with E-state index in [1.807, 2.05) is 0 Å². The first-order chi connectivity index (χ1) is 9.89. The molecule has 1 aromatic rings. The average molecular weight is 287 g/mol. The van der Waals surface area contributed by atoms with Crippen LogP contribution in [0, 0.1) is 18.8 Å². The number of rotatable bonds is 4. The molecule has 21 heavy (non-hydrogen) atoms. The highest BCUT2D eigenvalue weighted by atomic mass is 14.9. The highest BCUT2D eigenvalue weighted by Gasteiger charge is 2.31. The molecular formula is C20H33N. The molecule has 0 heterocycles. The maximum Gasteiger partial charge on any atom is 0.00966 e. The first-order valence-corrected chi connectivity index (χ1v) is 8.70. The third-order valence-electron chi connectivity index (χ3n) is 5.08. The van der Waals surface area contributed by atoms with Crippen molar-refractivity contribution in [1.29, 1.82) is 0 Å². The van der Waals surface area contributed by atoms with E-state index in [2.05, 4.69) is 64.2 Å². The Kier molecular flexibility index (Phi) is 5.48. The van der Waals surface area contributed by atoms with Crippen molar-refractivity contribution in [2.24, 2.45) is 11.8 Å². The van der Waals surface area contributed by atoms with Gasteiger partial charge >= 0.3 is 0 Å². The molecule has 0 radical (unpaired) electrons. The molecule has 0 spiro atoms. The van der Waals surface area contributed by atoms with Gasteiger partial charge in [-0.2, -0.15) is 0 Å². The van der Waals surface area contributed by atoms with Crippen LogP contribution in [0.2, 0.25) is 0 Å². The molecule has 118 valence electrons. The Labute approximate surface area is 131 Å². The number of benzene rings is 1. The van der Waals surface area contributed by atoms with Gasteiger partial charge in [-0.15, -0.1) is 0 Å². The second-order valence-electron chi connectivity index (χ2n) is 8.00. The van der Waals surface area contributed by atoms with Crippen LogP contribution in [0.3, 0.4) is 0 Å². The highest BCUT2D eigenvalue weighted by molar-refractivity contribution is 5.25. The van der Waals surface area contributed by atoms with E-state index in [9.17, 15) is 0 Å². The Morgan fingerprint density at radius 2 is 1.76 bits per heavy atom. The smallest absolute Gasteiger partial charge is 0.00966 e. The number of hydrogen-bond acceptors (Lipinski definition) is 1. The molecule has 0 aromatic heterocycles. The van der Waals surface area contributed by atoms with Crippen LogP contribution in [0.15, 0.2) is 24.3 Å². The fourth-order valence-electron chi connectivity index (χ4n) is 3.59. The third-order valence-corrected chi connectivity index (χ3v) is 5.08. The molecule has 2 rings (SSSR count). The van der Waals surface area contributed by atoms with Crippen molar-refractivity contribution < 1.29 is 0 Å². The summed E-state index contributed by atoms with van der Waals surface area (Å²) in [6.07, 6.45) is 5.49. The minimum atomic E-state index is 0.222. The van der Waals surface area contributed by atoms with Gasteiger partial charge in [0, 0.05) is 5.54 Å². The van der Waals surface area contributed by atoms with E-state index in [4.69, 9.17) is 0 Å². The zero-order chi connectivity index (χ0) is 15.5. The first kappa shape index (κ1) is 16.5. The SMILES string of the molecule is CCC1CCC(CNC(C)(C)C)C(c2ccc(C)cc2)C1. The monoisotopic (exact) mass is 287 g/mol. The molecule has 0 saturated heterocycles. The summed E-state index contributed by atoms with van der Waals surface area (Å²) in [5, 5.41) is 3.74. The first-order valence-electron chi connectivity index (χ1n) is 8.70. The quantitative estimate of drug-likeness (QED) is 0.793. The molecule has 3 unspecified atom stereocenters. The van der Waals surface area contributed by atoms with Crippen molar-refractivity contribution in [3.05, 3.63) is 35.4 Å². The Bertz CT molecular complexity index is 426. The van der Waals surface area contributed by atoms with Crippen LogP contribution in [0.5, 0.6) is 0 Å². The summed E-state index contributed by atoms with van der Waals surface area (Å²) in [6.45, 7) is 12.5. The Morgan fingerprint density at radius 3 is 2.33 bits per heavy atom. The number of hydrogen-bond donors (Lipinski definition) is 1. The molecular weight excluding hydrogens is 254 g/mol. The zero-order valence-corrected chi connectivity index (χ0v) is 14.6. The van der Waals surface area contributed by atoms with Crippen molar-refractivity contribution in [3.8, 4) is 0 Å². The fraction of sp³-hybridized carbons (Fsp3) is 0.700. The largest absolute Gasteiger partial charge is 0.312 e. The normalized spacial score (nSPS) is 26.8. The Balaban J connectivity index is 2.11. The lowest BCUT2D eigenvalue weighted by molar-refractivity contribution is 0.213. The van der Waals surface area contributed by atoms with Gasteiger partial charge in [0.2, 0.25) is 0 Å². The number of nitrogens with one attached hydrogen (secondary N) is 1. The Morgan fingerprint density at radius 1 is 1.10 bits per heavy atom. The van der Waals surface area contributed by atoms with Crippen LogP contribution in [-0.2, 0) is 0 Å². The van der Waals surface area contributed by atoms with Gasteiger partial charge in [0.05, 0.1) is 0 Å². The molecule has 1 heteroatoms. The molecule has 1 aromatic carbocycles. The summed E-state index contributed by atoms with van der Waals surface area (Å²) >= 11 is 0. The van der Waals surface area contributed by atoms with Crippen molar-refractivity contribution in [2.45, 2.75) is 71.8 Å². The van der Waals surface area contributed by atoms with Crippen molar-refractivity contribution in [2.75, 3.05) is 6.54 Å². The molecule has 0 bridgehead atoms. The molecule has 1 aliphatic rings. The molecule has 1 N–H and O–H groups in total. The van der Waals surface area contributed by atoms with Crippen LogP contribution in [0.25, 0.3) is 0 Å². The van der Waals surface area contributed by atoms with Crippen LogP contribution in [-0.4, -0.2) is 12.1 Å². The molecule has 1 aliphatic carbocycles. The van der Waals surface area contributed by atoms with Gasteiger partial charge in [-0.25, -0.2) is 0 Å². The summed E-state index contributed by atoms with van der Waals surface area (Å²) in [6, 6.07) is 9.28. The summed E-state index contributed by atoms with van der Waals surface area (Å²) < 4.78 is 0. The topological polar surface area (TPSA) is 12.0 Å². The van der Waals surface area contributed by atoms with E-state index in [0.717, 1.165) is 24.3 Å². The predicted octanol–water partition coefficient (Wildman–Crippen LogP) is 5.29. The van der Waals surface area contributed by atoms with Gasteiger partial charge in [-0.1, -0.05) is 49.6 Å². The summed E-state index contributed by atoms with van der Waals surface area (Å²) in [5.74, 6) is 2.44. The lowest BCUT2D eigenvalue weighted by Gasteiger charge is -2.38. The molecule has 0 aliphatic heterocycles. The zero-order valence-electron chi connectivity index (χ0n) is 14.6. The standard InChI is InChI=1S/C20H33N/c1-6-16-9-12-18(14-21-20(3,4)5)19(13-16)17-10-7-15(2)8-11-17/h7-8,10-11,16,18-19,21H,6,9,12-14H2,1-5H3. The van der Waals surface area contributed by atoms with Crippen LogP contribution in [0.4, 0.5) is 0 Å². The number of aryl methyl sites for hydroxylation is 1. The van der Waals surface area contributed by atoms with E-state index < -0.39 is 0 Å². The van der Waals surface area contributed by atoms with Gasteiger partial charge in [0.15, 0.2) is 0 Å². The molecule has 1 fully saturated rings. The minimum absolute atomic E-state index is 0.222. The predicted molar refractivity (Wildman–Crippen MR) is 92.8 cm³/mol. The maximum atomic E-state index is 3.74. The fourth-order valence-corrected chi connectivity index (χ4v) is 3.59. The van der Waals surface area contributed by atoms with Crippen molar-refractivity contribution in [1.82, 2.24) is 5.32 Å². The molecule has 1 saturated carbocycles. The van der Waals surface area contributed by atoms with Gasteiger partial charge in [-0.05, 0) is 70.4 Å². The minimum Gasteiger partial charge on any atom is -0.312 e. The summed E-state index contributed by atoms with van der Waals surface area (Å²) in [4.78, 5) is 0. The second-order valence-corrected chi connectivity index (χ2v) is 8.00. The summed E-state index contributed by atoms with van der Waals surface area (Å²) in [5.41, 5.74) is 3.14. The molecule has 1 nitrogen and oxygen atoms in total. The highest BCUT2D eigenvalue weighted by Crippen LogP contribution is 2.41. The third kappa shape index (κ3) is 4.85. The molecule has 0 amide bonds. The lowest BCUT2D eigenvalue weighted by atomic mass is 9.70. The van der Waals surface area contributed by atoms with E-state index in [1.54, 1.807) is 5.56 Å². The van der Waals surface area contributed by atoms with Gasteiger partial charge in [0.25, 0.3) is 0 Å². The van der Waals surface area contributed by atoms with Gasteiger partial charge < -0.3 is 5.32 Å². The van der Waals surface area contributed by atoms with E-state index >= 15 is 0 Å². The van der Waals surface area contributed by atoms with E-state index in [0.29, 0.717) is 0 Å². The van der Waals surface area contributed by atoms with Crippen molar-refractivity contribution >= 4 is 0 Å². The average Bonchev–Trinajstić information content (AvgIpc) is 2.45. The van der Waals surface area contributed by atoms with Crippen molar-refractivity contribution in [3.63, 3.8) is 0 Å².